The summed E-state index contributed by atoms with van der Waals surface area (Å²) in [6.45, 7) is 5.73. The first-order valence-electron chi connectivity index (χ1n) is 6.00. The normalized spacial score (nSPS) is 10.3. The van der Waals surface area contributed by atoms with Crippen molar-refractivity contribution in [3.63, 3.8) is 0 Å². The van der Waals surface area contributed by atoms with Gasteiger partial charge in [0.05, 0.1) is 11.4 Å². The van der Waals surface area contributed by atoms with Gasteiger partial charge in [0.25, 0.3) is 5.91 Å². The van der Waals surface area contributed by atoms with Gasteiger partial charge in [-0.1, -0.05) is 22.0 Å². The SMILES string of the molecule is Cc1ccc(NC(=O)c2cccc(Br)c2C)c(C)n1. The Labute approximate surface area is 121 Å². The van der Waals surface area contributed by atoms with Crippen molar-refractivity contribution in [3.05, 3.63) is 57.3 Å². The third-order valence-electron chi connectivity index (χ3n) is 2.99. The van der Waals surface area contributed by atoms with Crippen molar-refractivity contribution in [2.45, 2.75) is 20.8 Å². The van der Waals surface area contributed by atoms with Crippen molar-refractivity contribution in [1.29, 1.82) is 0 Å². The molecule has 0 unspecified atom stereocenters. The van der Waals surface area contributed by atoms with Crippen LogP contribution in [-0.2, 0) is 0 Å². The molecular weight excluding hydrogens is 304 g/mol. The second-order valence-corrected chi connectivity index (χ2v) is 5.31. The molecule has 0 saturated carbocycles. The first-order valence-corrected chi connectivity index (χ1v) is 6.79. The lowest BCUT2D eigenvalue weighted by Crippen LogP contribution is -2.14. The van der Waals surface area contributed by atoms with E-state index in [9.17, 15) is 4.79 Å². The summed E-state index contributed by atoms with van der Waals surface area (Å²) in [7, 11) is 0. The van der Waals surface area contributed by atoms with E-state index in [1.807, 2.05) is 51.1 Å². The van der Waals surface area contributed by atoms with Gasteiger partial charge in [0.2, 0.25) is 0 Å². The van der Waals surface area contributed by atoms with E-state index in [2.05, 4.69) is 26.2 Å². The number of hydrogen-bond donors (Lipinski definition) is 1. The monoisotopic (exact) mass is 318 g/mol. The second kappa shape index (κ2) is 5.53. The molecule has 0 atom stereocenters. The van der Waals surface area contributed by atoms with Crippen molar-refractivity contribution < 1.29 is 4.79 Å². The van der Waals surface area contributed by atoms with E-state index < -0.39 is 0 Å². The first-order chi connectivity index (χ1) is 8.99. The Morgan fingerprint density at radius 2 is 1.89 bits per heavy atom. The highest BCUT2D eigenvalue weighted by Crippen LogP contribution is 2.21. The quantitative estimate of drug-likeness (QED) is 0.908. The zero-order valence-corrected chi connectivity index (χ0v) is 12.7. The number of halogens is 1. The van der Waals surface area contributed by atoms with Crippen LogP contribution in [0, 0.1) is 20.8 Å². The molecule has 98 valence electrons. The molecule has 1 N–H and O–H groups in total. The molecule has 0 aliphatic carbocycles. The molecule has 0 fully saturated rings. The van der Waals surface area contributed by atoms with E-state index in [-0.39, 0.29) is 5.91 Å². The molecule has 1 aromatic heterocycles. The van der Waals surface area contributed by atoms with Gasteiger partial charge in [-0.05, 0) is 50.6 Å². The molecule has 0 bridgehead atoms. The summed E-state index contributed by atoms with van der Waals surface area (Å²) in [5, 5.41) is 2.90. The highest BCUT2D eigenvalue weighted by molar-refractivity contribution is 9.10. The van der Waals surface area contributed by atoms with Crippen LogP contribution in [0.5, 0.6) is 0 Å². The molecule has 1 heterocycles. The van der Waals surface area contributed by atoms with Gasteiger partial charge in [-0.25, -0.2) is 0 Å². The number of nitrogens with zero attached hydrogens (tertiary/aromatic N) is 1. The number of pyridine rings is 1. The Hall–Kier alpha value is -1.68. The van der Waals surface area contributed by atoms with Gasteiger partial charge >= 0.3 is 0 Å². The fourth-order valence-corrected chi connectivity index (χ4v) is 2.23. The highest BCUT2D eigenvalue weighted by Gasteiger charge is 2.12. The molecule has 0 radical (unpaired) electrons. The molecule has 0 spiro atoms. The molecule has 19 heavy (non-hydrogen) atoms. The molecule has 0 aliphatic heterocycles. The number of aryl methyl sites for hydroxylation is 2. The summed E-state index contributed by atoms with van der Waals surface area (Å²) < 4.78 is 0.930. The van der Waals surface area contributed by atoms with E-state index in [0.29, 0.717) is 5.56 Å². The van der Waals surface area contributed by atoms with Gasteiger partial charge in [-0.15, -0.1) is 0 Å². The summed E-state index contributed by atoms with van der Waals surface area (Å²) in [4.78, 5) is 16.6. The minimum Gasteiger partial charge on any atom is -0.320 e. The number of anilines is 1. The minimum atomic E-state index is -0.118. The van der Waals surface area contributed by atoms with Crippen LogP contribution in [0.4, 0.5) is 5.69 Å². The summed E-state index contributed by atoms with van der Waals surface area (Å²) in [5.74, 6) is -0.118. The molecular formula is C15H15BrN2O. The maximum atomic E-state index is 12.3. The molecule has 1 amide bonds. The summed E-state index contributed by atoms with van der Waals surface area (Å²) in [5.41, 5.74) is 4.09. The molecule has 0 saturated heterocycles. The average Bonchev–Trinajstić information content (AvgIpc) is 2.36. The van der Waals surface area contributed by atoms with Crippen molar-refractivity contribution in [2.24, 2.45) is 0 Å². The van der Waals surface area contributed by atoms with Gasteiger partial charge in [-0.3, -0.25) is 9.78 Å². The molecule has 2 rings (SSSR count). The molecule has 0 aliphatic rings. The number of amides is 1. The van der Waals surface area contributed by atoms with Crippen LogP contribution in [0.3, 0.4) is 0 Å². The maximum absolute atomic E-state index is 12.3. The highest BCUT2D eigenvalue weighted by atomic mass is 79.9. The van der Waals surface area contributed by atoms with Crippen LogP contribution in [0.15, 0.2) is 34.8 Å². The lowest BCUT2D eigenvalue weighted by molar-refractivity contribution is 0.102. The number of aromatic nitrogens is 1. The number of carbonyl (C=O) groups excluding carboxylic acids is 1. The Morgan fingerprint density at radius 1 is 1.16 bits per heavy atom. The number of carbonyl (C=O) groups is 1. The zero-order valence-electron chi connectivity index (χ0n) is 11.1. The Balaban J connectivity index is 2.28. The Bertz CT molecular complexity index is 638. The van der Waals surface area contributed by atoms with Crippen molar-refractivity contribution in [3.8, 4) is 0 Å². The second-order valence-electron chi connectivity index (χ2n) is 4.45. The van der Waals surface area contributed by atoms with Crippen molar-refractivity contribution in [2.75, 3.05) is 5.32 Å². The fourth-order valence-electron chi connectivity index (χ4n) is 1.86. The summed E-state index contributed by atoms with van der Waals surface area (Å²) in [6, 6.07) is 9.35. The van der Waals surface area contributed by atoms with Crippen LogP contribution in [0.25, 0.3) is 0 Å². The number of rotatable bonds is 2. The van der Waals surface area contributed by atoms with E-state index in [1.54, 1.807) is 0 Å². The molecule has 4 heteroatoms. The van der Waals surface area contributed by atoms with Crippen molar-refractivity contribution in [1.82, 2.24) is 4.98 Å². The standard InChI is InChI=1S/C15H15BrN2O/c1-9-7-8-14(11(3)17-9)18-15(19)12-5-4-6-13(16)10(12)2/h4-8H,1-3H3,(H,18,19). The van der Waals surface area contributed by atoms with Crippen LogP contribution in [-0.4, -0.2) is 10.9 Å². The van der Waals surface area contributed by atoms with E-state index in [4.69, 9.17) is 0 Å². The van der Waals surface area contributed by atoms with Crippen LogP contribution >= 0.6 is 15.9 Å². The predicted molar refractivity (Wildman–Crippen MR) is 80.5 cm³/mol. The van der Waals surface area contributed by atoms with Crippen molar-refractivity contribution >= 4 is 27.5 Å². The fraction of sp³-hybridized carbons (Fsp3) is 0.200. The van der Waals surface area contributed by atoms with Crippen LogP contribution < -0.4 is 5.32 Å². The third-order valence-corrected chi connectivity index (χ3v) is 3.84. The lowest BCUT2D eigenvalue weighted by atomic mass is 10.1. The van der Waals surface area contributed by atoms with Gasteiger partial charge in [0, 0.05) is 15.7 Å². The lowest BCUT2D eigenvalue weighted by Gasteiger charge is -2.10. The van der Waals surface area contributed by atoms with E-state index >= 15 is 0 Å². The number of nitrogens with one attached hydrogen (secondary N) is 1. The molecule has 1 aromatic carbocycles. The maximum Gasteiger partial charge on any atom is 0.256 e. The van der Waals surface area contributed by atoms with Crippen LogP contribution in [0.1, 0.15) is 27.3 Å². The third kappa shape index (κ3) is 3.01. The Morgan fingerprint density at radius 3 is 2.58 bits per heavy atom. The summed E-state index contributed by atoms with van der Waals surface area (Å²) in [6.07, 6.45) is 0. The number of benzene rings is 1. The zero-order chi connectivity index (χ0) is 14.0. The van der Waals surface area contributed by atoms with Crippen LogP contribution in [0.2, 0.25) is 0 Å². The van der Waals surface area contributed by atoms with E-state index in [0.717, 1.165) is 27.1 Å². The van der Waals surface area contributed by atoms with E-state index in [1.165, 1.54) is 0 Å². The predicted octanol–water partition coefficient (Wildman–Crippen LogP) is 4.02. The average molecular weight is 319 g/mol. The van der Waals surface area contributed by atoms with Gasteiger partial charge < -0.3 is 5.32 Å². The Kier molecular flexibility index (Phi) is 4.00. The van der Waals surface area contributed by atoms with Gasteiger partial charge in [-0.2, -0.15) is 0 Å². The summed E-state index contributed by atoms with van der Waals surface area (Å²) >= 11 is 3.43. The smallest absolute Gasteiger partial charge is 0.256 e. The van der Waals surface area contributed by atoms with Gasteiger partial charge in [0.1, 0.15) is 0 Å². The largest absolute Gasteiger partial charge is 0.320 e. The minimum absolute atomic E-state index is 0.118. The molecule has 2 aromatic rings. The topological polar surface area (TPSA) is 42.0 Å². The number of hydrogen-bond acceptors (Lipinski definition) is 2. The van der Waals surface area contributed by atoms with Gasteiger partial charge in [0.15, 0.2) is 0 Å². The molecule has 3 nitrogen and oxygen atoms in total. The first kappa shape index (κ1) is 13.7.